The molecule has 0 radical (unpaired) electrons. The predicted molar refractivity (Wildman–Crippen MR) is 89.6 cm³/mol. The SMILES string of the molecule is CC(C)(CN1C(=O)Cc2ccccc2C1=O)NC(=O)OC(C)(C)C. The van der Waals surface area contributed by atoms with Crippen LogP contribution in [-0.4, -0.2) is 40.5 Å². The van der Waals surface area contributed by atoms with Crippen molar-refractivity contribution in [2.24, 2.45) is 0 Å². The van der Waals surface area contributed by atoms with E-state index >= 15 is 0 Å². The van der Waals surface area contributed by atoms with Gasteiger partial charge in [-0.25, -0.2) is 4.79 Å². The van der Waals surface area contributed by atoms with Crippen LogP contribution in [-0.2, 0) is 16.0 Å². The maximum absolute atomic E-state index is 12.6. The molecule has 130 valence electrons. The predicted octanol–water partition coefficient (Wildman–Crippen LogP) is 2.51. The first-order chi connectivity index (χ1) is 11.0. The molecule has 1 heterocycles. The highest BCUT2D eigenvalue weighted by Gasteiger charge is 2.35. The quantitative estimate of drug-likeness (QED) is 0.863. The molecule has 2 rings (SSSR count). The van der Waals surface area contributed by atoms with Crippen LogP contribution in [0.5, 0.6) is 0 Å². The molecule has 0 saturated carbocycles. The molecule has 0 spiro atoms. The molecule has 1 N–H and O–H groups in total. The first-order valence-electron chi connectivity index (χ1n) is 7.92. The molecule has 0 aliphatic carbocycles. The summed E-state index contributed by atoms with van der Waals surface area (Å²) in [5, 5.41) is 2.72. The largest absolute Gasteiger partial charge is 0.444 e. The maximum atomic E-state index is 12.6. The second-order valence-corrected chi connectivity index (χ2v) is 7.63. The standard InChI is InChI=1S/C18H24N2O4/c1-17(2,3)24-16(23)19-18(4,5)11-20-14(21)10-12-8-6-7-9-13(12)15(20)22/h6-9H,10-11H2,1-5H3,(H,19,23). The molecule has 0 saturated heterocycles. The number of ether oxygens (including phenoxy) is 1. The summed E-state index contributed by atoms with van der Waals surface area (Å²) in [6.07, 6.45) is -0.394. The third-order valence-corrected chi connectivity index (χ3v) is 3.53. The number of carbonyl (C=O) groups is 3. The number of hydrogen-bond acceptors (Lipinski definition) is 4. The van der Waals surface area contributed by atoms with E-state index in [9.17, 15) is 14.4 Å². The number of carbonyl (C=O) groups excluding carboxylic acids is 3. The van der Waals surface area contributed by atoms with Crippen LogP contribution < -0.4 is 5.32 Å². The molecule has 24 heavy (non-hydrogen) atoms. The van der Waals surface area contributed by atoms with Crippen LogP contribution in [0.4, 0.5) is 4.79 Å². The van der Waals surface area contributed by atoms with E-state index < -0.39 is 17.2 Å². The number of fused-ring (bicyclic) bond motifs is 1. The Morgan fingerprint density at radius 3 is 2.42 bits per heavy atom. The fourth-order valence-electron chi connectivity index (χ4n) is 2.57. The van der Waals surface area contributed by atoms with Gasteiger partial charge in [0.1, 0.15) is 5.60 Å². The Bertz CT molecular complexity index is 674. The number of nitrogens with zero attached hydrogens (tertiary/aromatic N) is 1. The van der Waals surface area contributed by atoms with Crippen molar-refractivity contribution in [2.75, 3.05) is 6.54 Å². The Labute approximate surface area is 142 Å². The van der Waals surface area contributed by atoms with E-state index in [0.717, 1.165) is 5.56 Å². The highest BCUT2D eigenvalue weighted by molar-refractivity contribution is 6.09. The van der Waals surface area contributed by atoms with Crippen LogP contribution in [0.25, 0.3) is 0 Å². The lowest BCUT2D eigenvalue weighted by Crippen LogP contribution is -2.56. The zero-order chi connectivity index (χ0) is 18.1. The number of nitrogens with one attached hydrogen (secondary N) is 1. The van der Waals surface area contributed by atoms with Gasteiger partial charge in [0.2, 0.25) is 5.91 Å². The van der Waals surface area contributed by atoms with Gasteiger partial charge in [0.05, 0.1) is 18.5 Å². The first kappa shape index (κ1) is 18.0. The fraction of sp³-hybridized carbons (Fsp3) is 0.500. The molecule has 3 amide bonds. The first-order valence-corrected chi connectivity index (χ1v) is 7.92. The van der Waals surface area contributed by atoms with E-state index in [2.05, 4.69) is 5.32 Å². The normalized spacial score (nSPS) is 15.1. The van der Waals surface area contributed by atoms with Gasteiger partial charge < -0.3 is 10.1 Å². The summed E-state index contributed by atoms with van der Waals surface area (Å²) in [5.74, 6) is -0.598. The highest BCUT2D eigenvalue weighted by Crippen LogP contribution is 2.21. The summed E-state index contributed by atoms with van der Waals surface area (Å²) in [6.45, 7) is 8.89. The molecule has 0 bridgehead atoms. The number of rotatable bonds is 3. The molecule has 6 heteroatoms. The van der Waals surface area contributed by atoms with Crippen molar-refractivity contribution in [3.8, 4) is 0 Å². The van der Waals surface area contributed by atoms with Crippen LogP contribution in [0.3, 0.4) is 0 Å². The van der Waals surface area contributed by atoms with Crippen molar-refractivity contribution in [3.05, 3.63) is 35.4 Å². The number of amides is 3. The van der Waals surface area contributed by atoms with E-state index in [4.69, 9.17) is 4.74 Å². The molecule has 0 aromatic heterocycles. The number of alkyl carbamates (subject to hydrolysis) is 1. The summed E-state index contributed by atoms with van der Waals surface area (Å²) in [4.78, 5) is 38.1. The summed E-state index contributed by atoms with van der Waals surface area (Å²) in [5.41, 5.74) is -0.151. The van der Waals surface area contributed by atoms with E-state index in [0.29, 0.717) is 5.56 Å². The molecule has 0 unspecified atom stereocenters. The summed E-state index contributed by atoms with van der Waals surface area (Å²) in [6, 6.07) is 7.08. The smallest absolute Gasteiger partial charge is 0.408 e. The summed E-state index contributed by atoms with van der Waals surface area (Å²) < 4.78 is 5.23. The van der Waals surface area contributed by atoms with Gasteiger partial charge in [-0.15, -0.1) is 0 Å². The van der Waals surface area contributed by atoms with Crippen molar-refractivity contribution in [1.29, 1.82) is 0 Å². The lowest BCUT2D eigenvalue weighted by molar-refractivity contribution is -0.129. The number of hydrogen-bond donors (Lipinski definition) is 1. The van der Waals surface area contributed by atoms with Gasteiger partial charge in [0, 0.05) is 5.56 Å². The van der Waals surface area contributed by atoms with E-state index in [1.165, 1.54) is 4.90 Å². The topological polar surface area (TPSA) is 75.7 Å². The van der Waals surface area contributed by atoms with Crippen LogP contribution in [0.2, 0.25) is 0 Å². The van der Waals surface area contributed by atoms with Crippen LogP contribution in [0.1, 0.15) is 50.5 Å². The van der Waals surface area contributed by atoms with Crippen molar-refractivity contribution >= 4 is 17.9 Å². The summed E-state index contributed by atoms with van der Waals surface area (Å²) >= 11 is 0. The minimum atomic E-state index is -0.806. The fourth-order valence-corrected chi connectivity index (χ4v) is 2.57. The third kappa shape index (κ3) is 4.34. The van der Waals surface area contributed by atoms with Crippen LogP contribution >= 0.6 is 0 Å². The van der Waals surface area contributed by atoms with E-state index in [1.54, 1.807) is 52.8 Å². The average molecular weight is 332 g/mol. The van der Waals surface area contributed by atoms with Crippen molar-refractivity contribution < 1.29 is 19.1 Å². The molecule has 6 nitrogen and oxygen atoms in total. The highest BCUT2D eigenvalue weighted by atomic mass is 16.6. The molecular formula is C18H24N2O4. The van der Waals surface area contributed by atoms with Gasteiger partial charge in [-0.1, -0.05) is 18.2 Å². The lowest BCUT2D eigenvalue weighted by atomic mass is 9.96. The number of benzene rings is 1. The second-order valence-electron chi connectivity index (χ2n) is 7.63. The minimum Gasteiger partial charge on any atom is -0.444 e. The van der Waals surface area contributed by atoms with E-state index in [-0.39, 0.29) is 24.8 Å². The monoisotopic (exact) mass is 332 g/mol. The Morgan fingerprint density at radius 1 is 1.17 bits per heavy atom. The Balaban J connectivity index is 2.10. The molecule has 0 fully saturated rings. The van der Waals surface area contributed by atoms with Gasteiger partial charge >= 0.3 is 6.09 Å². The van der Waals surface area contributed by atoms with Gasteiger partial charge in [0.15, 0.2) is 0 Å². The zero-order valence-corrected chi connectivity index (χ0v) is 14.8. The zero-order valence-electron chi connectivity index (χ0n) is 14.8. The molecule has 1 aromatic carbocycles. The molecule has 1 aliphatic heterocycles. The number of imide groups is 1. The van der Waals surface area contributed by atoms with Gasteiger partial charge in [-0.05, 0) is 46.2 Å². The Kier molecular flexibility index (Phi) is 4.69. The van der Waals surface area contributed by atoms with Crippen molar-refractivity contribution in [1.82, 2.24) is 10.2 Å². The van der Waals surface area contributed by atoms with Gasteiger partial charge in [-0.2, -0.15) is 0 Å². The van der Waals surface area contributed by atoms with Gasteiger partial charge in [0.25, 0.3) is 5.91 Å². The van der Waals surface area contributed by atoms with Crippen molar-refractivity contribution in [2.45, 2.75) is 52.2 Å². The summed E-state index contributed by atoms with van der Waals surface area (Å²) in [7, 11) is 0. The molecular weight excluding hydrogens is 308 g/mol. The Morgan fingerprint density at radius 2 is 1.79 bits per heavy atom. The average Bonchev–Trinajstić information content (AvgIpc) is 2.40. The van der Waals surface area contributed by atoms with Crippen LogP contribution in [0, 0.1) is 0 Å². The second kappa shape index (κ2) is 6.26. The third-order valence-electron chi connectivity index (χ3n) is 3.53. The molecule has 0 atom stereocenters. The maximum Gasteiger partial charge on any atom is 0.408 e. The minimum absolute atomic E-state index is 0.0816. The molecule has 1 aromatic rings. The lowest BCUT2D eigenvalue weighted by Gasteiger charge is -2.35. The van der Waals surface area contributed by atoms with Crippen molar-refractivity contribution in [3.63, 3.8) is 0 Å². The van der Waals surface area contributed by atoms with Crippen LogP contribution in [0.15, 0.2) is 24.3 Å². The van der Waals surface area contributed by atoms with Gasteiger partial charge in [-0.3, -0.25) is 14.5 Å². The Hall–Kier alpha value is -2.37. The van der Waals surface area contributed by atoms with E-state index in [1.807, 2.05) is 6.07 Å². The molecule has 1 aliphatic rings.